The molecule has 9 nitrogen and oxygen atoms in total. The number of anilines is 1. The van der Waals surface area contributed by atoms with Crippen molar-refractivity contribution >= 4 is 63.3 Å². The number of nitrogens with zero attached hydrogens (tertiary/aromatic N) is 6. The van der Waals surface area contributed by atoms with Crippen LogP contribution in [0.25, 0.3) is 11.0 Å². The Bertz CT molecular complexity index is 1660. The van der Waals surface area contributed by atoms with Gasteiger partial charge in [0.2, 0.25) is 5.95 Å². The fourth-order valence-electron chi connectivity index (χ4n) is 5.57. The van der Waals surface area contributed by atoms with Gasteiger partial charge in [0.05, 0.1) is 21.5 Å². The summed E-state index contributed by atoms with van der Waals surface area (Å²) >= 11 is 12.7. The molecule has 3 aromatic heterocycles. The van der Waals surface area contributed by atoms with E-state index in [1.807, 2.05) is 45.2 Å². The molecule has 13 heteroatoms. The molecule has 1 fully saturated rings. The molecule has 0 unspecified atom stereocenters. The molecule has 4 aromatic rings. The van der Waals surface area contributed by atoms with Crippen molar-refractivity contribution in [2.45, 2.75) is 60.7 Å². The van der Waals surface area contributed by atoms with Crippen molar-refractivity contribution in [3.63, 3.8) is 0 Å². The number of rotatable bonds is 5. The van der Waals surface area contributed by atoms with Gasteiger partial charge in [-0.25, -0.2) is 4.98 Å². The lowest BCUT2D eigenvalue weighted by Gasteiger charge is -2.43. The number of nitrogens with one attached hydrogen (secondary N) is 2. The van der Waals surface area contributed by atoms with E-state index >= 15 is 0 Å². The summed E-state index contributed by atoms with van der Waals surface area (Å²) < 4.78 is 16.3. The van der Waals surface area contributed by atoms with E-state index < -0.39 is 11.4 Å². The second-order valence-corrected chi connectivity index (χ2v) is 15.2. The number of fused-ring (bicyclic) bond motifs is 2. The molecule has 1 aliphatic heterocycles. The molecule has 41 heavy (non-hydrogen) atoms. The molecular weight excluding hydrogens is 599 g/mol. The van der Waals surface area contributed by atoms with Gasteiger partial charge in [-0.15, -0.1) is 4.72 Å². The van der Waals surface area contributed by atoms with Crippen molar-refractivity contribution in [1.29, 1.82) is 5.26 Å². The van der Waals surface area contributed by atoms with E-state index in [0.717, 1.165) is 35.4 Å². The van der Waals surface area contributed by atoms with Crippen molar-refractivity contribution in [3.8, 4) is 6.07 Å². The molecule has 0 radical (unpaired) electrons. The maximum atomic E-state index is 13.2. The molecule has 1 spiro atoms. The maximum Gasteiger partial charge on any atom is 0.228 e. The van der Waals surface area contributed by atoms with Crippen LogP contribution in [0.5, 0.6) is 0 Å². The summed E-state index contributed by atoms with van der Waals surface area (Å²) in [5.41, 5.74) is 2.81. The average Bonchev–Trinajstić information content (AvgIpc) is 3.49. The summed E-state index contributed by atoms with van der Waals surface area (Å²) in [7, 11) is 0. The number of H-pyrrole nitrogens is 1. The Labute approximate surface area is 255 Å². The van der Waals surface area contributed by atoms with E-state index in [9.17, 15) is 9.81 Å². The Balaban J connectivity index is 1.26. The van der Waals surface area contributed by atoms with Crippen molar-refractivity contribution < 1.29 is 4.55 Å². The van der Waals surface area contributed by atoms with Crippen LogP contribution in [0.1, 0.15) is 56.6 Å². The molecule has 2 atom stereocenters. The lowest BCUT2D eigenvalue weighted by atomic mass is 9.73. The number of piperidine rings is 1. The highest BCUT2D eigenvalue weighted by atomic mass is 35.5. The molecule has 6 rings (SSSR count). The lowest BCUT2D eigenvalue weighted by molar-refractivity contribution is 0.175. The quantitative estimate of drug-likeness (QED) is 0.256. The van der Waals surface area contributed by atoms with Gasteiger partial charge >= 0.3 is 0 Å². The summed E-state index contributed by atoms with van der Waals surface area (Å²) in [6, 6.07) is 11.6. The van der Waals surface area contributed by atoms with Gasteiger partial charge in [-0.2, -0.15) is 15.3 Å². The van der Waals surface area contributed by atoms with Crippen LogP contribution >= 0.6 is 35.0 Å². The molecule has 1 aliphatic carbocycles. The number of aromatic nitrogens is 5. The van der Waals surface area contributed by atoms with Crippen molar-refractivity contribution in [2.24, 2.45) is 5.41 Å². The number of aromatic amines is 1. The van der Waals surface area contributed by atoms with Gasteiger partial charge in [0, 0.05) is 46.7 Å². The fraction of sp³-hybridized carbons (Fsp3) is 0.393. The van der Waals surface area contributed by atoms with Crippen LogP contribution in [0.2, 0.25) is 10.0 Å². The lowest BCUT2D eigenvalue weighted by Crippen LogP contribution is -2.50. The van der Waals surface area contributed by atoms with Gasteiger partial charge in [0.25, 0.3) is 0 Å². The Hall–Kier alpha value is -2.59. The largest absolute Gasteiger partial charge is 0.598 e. The van der Waals surface area contributed by atoms with Gasteiger partial charge in [-0.1, -0.05) is 47.1 Å². The standard InChI is InChI=1S/C28H28Cl2N8OS2/c1-27(2,3)41(39)37-23-16-6-5-11-32-18(16)14-28(23)9-12-38(13-10-28)26-33-19(15-31)21-24(34-26)35-36-25(21)40-20-8-4-7-17(29)22(20)30/h4-8,11,23,37H,9-10,12-14H2,1-3H3,(H,33,34,35,36)/t23-,41-/m1/s1. The third-order valence-electron chi connectivity index (χ3n) is 7.79. The smallest absolute Gasteiger partial charge is 0.228 e. The van der Waals surface area contributed by atoms with Crippen LogP contribution in [0.4, 0.5) is 5.95 Å². The van der Waals surface area contributed by atoms with E-state index in [4.69, 9.17) is 28.2 Å². The zero-order valence-corrected chi connectivity index (χ0v) is 25.9. The summed E-state index contributed by atoms with van der Waals surface area (Å²) in [5.74, 6) is 0.487. The van der Waals surface area contributed by atoms with Gasteiger partial charge in [-0.3, -0.25) is 10.1 Å². The van der Waals surface area contributed by atoms with E-state index in [1.165, 1.54) is 11.8 Å². The predicted molar refractivity (Wildman–Crippen MR) is 163 cm³/mol. The second kappa shape index (κ2) is 10.9. The minimum absolute atomic E-state index is 0.0584. The third-order valence-corrected chi connectivity index (χ3v) is 11.3. The number of hydrogen-bond donors (Lipinski definition) is 2. The van der Waals surface area contributed by atoms with Crippen LogP contribution in [0.15, 0.2) is 46.5 Å². The molecule has 1 saturated heterocycles. The van der Waals surface area contributed by atoms with Crippen LogP contribution in [-0.4, -0.2) is 47.5 Å². The minimum atomic E-state index is -1.22. The molecule has 0 amide bonds. The minimum Gasteiger partial charge on any atom is -0.598 e. The molecule has 212 valence electrons. The van der Waals surface area contributed by atoms with E-state index in [-0.39, 0.29) is 21.9 Å². The molecule has 4 heterocycles. The van der Waals surface area contributed by atoms with Crippen LogP contribution in [0, 0.1) is 16.7 Å². The highest BCUT2D eigenvalue weighted by Gasteiger charge is 2.51. The number of halogens is 2. The molecular formula is C28H28Cl2N8OS2. The van der Waals surface area contributed by atoms with Crippen molar-refractivity contribution in [3.05, 3.63) is 63.5 Å². The Morgan fingerprint density at radius 2 is 1.98 bits per heavy atom. The number of hydrogen-bond acceptors (Lipinski definition) is 9. The highest BCUT2D eigenvalue weighted by Crippen LogP contribution is 2.52. The maximum absolute atomic E-state index is 13.2. The first kappa shape index (κ1) is 28.5. The van der Waals surface area contributed by atoms with E-state index in [2.05, 4.69) is 41.9 Å². The van der Waals surface area contributed by atoms with Gasteiger partial charge in [0.1, 0.15) is 15.8 Å². The molecule has 2 aliphatic rings. The number of pyridine rings is 1. The third kappa shape index (κ3) is 5.26. The van der Waals surface area contributed by atoms with Gasteiger partial charge < -0.3 is 9.45 Å². The predicted octanol–water partition coefficient (Wildman–Crippen LogP) is 6.01. The molecule has 0 saturated carbocycles. The zero-order chi connectivity index (χ0) is 28.9. The van der Waals surface area contributed by atoms with Gasteiger partial charge in [-0.05, 0) is 63.8 Å². The summed E-state index contributed by atoms with van der Waals surface area (Å²) in [4.78, 5) is 16.9. The van der Waals surface area contributed by atoms with Crippen molar-refractivity contribution in [1.82, 2.24) is 29.9 Å². The van der Waals surface area contributed by atoms with E-state index in [0.29, 0.717) is 45.1 Å². The summed E-state index contributed by atoms with van der Waals surface area (Å²) in [6.45, 7) is 7.33. The SMILES string of the molecule is CC(C)(C)[S@@+]([O-])N[C@@H]1c2cccnc2CC12CCN(c1nc(C#N)c3c(Sc4cccc(Cl)c4Cl)n[nH]c3n1)CC2. The van der Waals surface area contributed by atoms with Gasteiger partial charge in [0.15, 0.2) is 11.3 Å². The topological polar surface area (TPSA) is 129 Å². The number of benzene rings is 1. The molecule has 2 N–H and O–H groups in total. The summed E-state index contributed by atoms with van der Waals surface area (Å²) in [6.07, 6.45) is 4.33. The molecule has 1 aromatic carbocycles. The second-order valence-electron chi connectivity index (χ2n) is 11.4. The zero-order valence-electron chi connectivity index (χ0n) is 22.7. The first-order chi connectivity index (χ1) is 19.6. The van der Waals surface area contributed by atoms with Crippen LogP contribution in [0.3, 0.4) is 0 Å². The highest BCUT2D eigenvalue weighted by molar-refractivity contribution is 7.99. The molecule has 0 bridgehead atoms. The Morgan fingerprint density at radius 3 is 2.71 bits per heavy atom. The summed E-state index contributed by atoms with van der Waals surface area (Å²) in [5, 5.41) is 19.4. The number of nitriles is 1. The Morgan fingerprint density at radius 1 is 1.20 bits per heavy atom. The van der Waals surface area contributed by atoms with Crippen LogP contribution < -0.4 is 9.62 Å². The fourth-order valence-corrected chi connectivity index (χ4v) is 7.93. The van der Waals surface area contributed by atoms with Crippen LogP contribution in [-0.2, 0) is 17.8 Å². The van der Waals surface area contributed by atoms with E-state index in [1.54, 1.807) is 6.07 Å². The Kier molecular flexibility index (Phi) is 7.59. The normalized spacial score (nSPS) is 19.0. The first-order valence-corrected chi connectivity index (χ1v) is 16.0. The monoisotopic (exact) mass is 626 g/mol. The average molecular weight is 628 g/mol. The van der Waals surface area contributed by atoms with Crippen molar-refractivity contribution in [2.75, 3.05) is 18.0 Å². The first-order valence-electron chi connectivity index (χ1n) is 13.2.